The molecule has 0 saturated carbocycles. The van der Waals surface area contributed by atoms with E-state index in [1.165, 1.54) is 4.88 Å². The van der Waals surface area contributed by atoms with E-state index in [0.29, 0.717) is 6.54 Å². The van der Waals surface area contributed by atoms with E-state index in [2.05, 4.69) is 16.8 Å². The van der Waals surface area contributed by atoms with E-state index in [-0.39, 0.29) is 6.09 Å². The molecule has 1 N–H and O–H groups in total. The number of hydrogen-bond donors (Lipinski definition) is 1. The van der Waals surface area contributed by atoms with Gasteiger partial charge in [-0.05, 0) is 45.1 Å². The highest BCUT2D eigenvalue weighted by Gasteiger charge is 2.15. The number of nitrogens with one attached hydrogen (secondary N) is 1. The van der Waals surface area contributed by atoms with Crippen molar-refractivity contribution in [3.8, 4) is 0 Å². The molecule has 4 heteroatoms. The highest BCUT2D eigenvalue weighted by Crippen LogP contribution is 2.10. The number of alkyl carbamates (subject to hydrolysis) is 1. The van der Waals surface area contributed by atoms with Crippen LogP contribution in [-0.2, 0) is 11.2 Å². The zero-order chi connectivity index (χ0) is 12.0. The third-order valence-electron chi connectivity index (χ3n) is 1.85. The van der Waals surface area contributed by atoms with Gasteiger partial charge in [0.1, 0.15) is 5.60 Å². The van der Waals surface area contributed by atoms with Gasteiger partial charge in [-0.1, -0.05) is 6.07 Å². The molecule has 0 radical (unpaired) electrons. The number of carbonyl (C=O) groups is 1. The fourth-order valence-electron chi connectivity index (χ4n) is 1.22. The normalized spacial score (nSPS) is 11.2. The molecule has 0 spiro atoms. The Balaban J connectivity index is 2.09. The third-order valence-corrected chi connectivity index (χ3v) is 2.78. The van der Waals surface area contributed by atoms with Crippen molar-refractivity contribution in [1.82, 2.24) is 5.32 Å². The highest BCUT2D eigenvalue weighted by atomic mass is 32.1. The topological polar surface area (TPSA) is 38.3 Å². The summed E-state index contributed by atoms with van der Waals surface area (Å²) < 4.78 is 5.13. The van der Waals surface area contributed by atoms with Gasteiger partial charge in [0.25, 0.3) is 0 Å². The van der Waals surface area contributed by atoms with Gasteiger partial charge in [0, 0.05) is 11.4 Å². The van der Waals surface area contributed by atoms with Crippen molar-refractivity contribution in [3.05, 3.63) is 22.4 Å². The maximum absolute atomic E-state index is 11.3. The van der Waals surface area contributed by atoms with E-state index in [9.17, 15) is 4.79 Å². The predicted octanol–water partition coefficient (Wildman–Crippen LogP) is 3.21. The number of aryl methyl sites for hydroxylation is 1. The second-order valence-corrected chi connectivity index (χ2v) is 5.64. The van der Waals surface area contributed by atoms with Crippen molar-refractivity contribution >= 4 is 17.4 Å². The second-order valence-electron chi connectivity index (χ2n) is 4.61. The van der Waals surface area contributed by atoms with Crippen LogP contribution in [0.25, 0.3) is 0 Å². The fourth-order valence-corrected chi connectivity index (χ4v) is 1.97. The molecule has 1 amide bonds. The van der Waals surface area contributed by atoms with Gasteiger partial charge in [0.05, 0.1) is 0 Å². The van der Waals surface area contributed by atoms with E-state index in [1.807, 2.05) is 26.8 Å². The number of thiophene rings is 1. The number of carbonyl (C=O) groups excluding carboxylic acids is 1. The Morgan fingerprint density at radius 3 is 2.81 bits per heavy atom. The lowest BCUT2D eigenvalue weighted by atomic mass is 10.2. The first-order valence-electron chi connectivity index (χ1n) is 5.46. The Hall–Kier alpha value is -1.03. The molecule has 90 valence electrons. The minimum Gasteiger partial charge on any atom is -0.444 e. The largest absolute Gasteiger partial charge is 0.444 e. The first kappa shape index (κ1) is 13.0. The van der Waals surface area contributed by atoms with Gasteiger partial charge in [0.15, 0.2) is 0 Å². The number of rotatable bonds is 4. The Kier molecular flexibility index (Phi) is 4.80. The zero-order valence-corrected chi connectivity index (χ0v) is 10.9. The molecule has 0 aliphatic carbocycles. The van der Waals surface area contributed by atoms with Crippen molar-refractivity contribution in [2.24, 2.45) is 0 Å². The van der Waals surface area contributed by atoms with Crippen LogP contribution in [0.1, 0.15) is 32.1 Å². The van der Waals surface area contributed by atoms with Crippen LogP contribution in [0, 0.1) is 0 Å². The summed E-state index contributed by atoms with van der Waals surface area (Å²) in [5, 5.41) is 4.81. The Labute approximate surface area is 101 Å². The average Bonchev–Trinajstić information content (AvgIpc) is 2.62. The smallest absolute Gasteiger partial charge is 0.407 e. The average molecular weight is 241 g/mol. The van der Waals surface area contributed by atoms with E-state index in [4.69, 9.17) is 4.74 Å². The predicted molar refractivity (Wildman–Crippen MR) is 66.9 cm³/mol. The molecule has 3 nitrogen and oxygen atoms in total. The maximum Gasteiger partial charge on any atom is 0.407 e. The molecule has 0 saturated heterocycles. The standard InChI is InChI=1S/C12H19NO2S/c1-12(2,3)15-11(14)13-8-4-6-10-7-5-9-16-10/h5,7,9H,4,6,8H2,1-3H3,(H,13,14). The molecule has 0 aromatic carbocycles. The summed E-state index contributed by atoms with van der Waals surface area (Å²) in [6, 6.07) is 4.15. The number of hydrogen-bond acceptors (Lipinski definition) is 3. The molecule has 0 bridgehead atoms. The molecule has 0 fully saturated rings. The van der Waals surface area contributed by atoms with Crippen LogP contribution in [0.3, 0.4) is 0 Å². The fraction of sp³-hybridized carbons (Fsp3) is 0.583. The van der Waals surface area contributed by atoms with E-state index in [1.54, 1.807) is 11.3 Å². The molecule has 1 aromatic rings. The lowest BCUT2D eigenvalue weighted by Crippen LogP contribution is -2.33. The van der Waals surface area contributed by atoms with E-state index >= 15 is 0 Å². The molecule has 0 aliphatic rings. The van der Waals surface area contributed by atoms with Gasteiger partial charge in [-0.2, -0.15) is 0 Å². The summed E-state index contributed by atoms with van der Waals surface area (Å²) in [4.78, 5) is 12.6. The summed E-state index contributed by atoms with van der Waals surface area (Å²) in [6.45, 7) is 6.24. The highest BCUT2D eigenvalue weighted by molar-refractivity contribution is 7.09. The maximum atomic E-state index is 11.3. The quantitative estimate of drug-likeness (QED) is 0.822. The molecule has 1 heterocycles. The van der Waals surface area contributed by atoms with Crippen molar-refractivity contribution in [3.63, 3.8) is 0 Å². The Bertz CT molecular complexity index is 314. The van der Waals surface area contributed by atoms with Crippen LogP contribution in [0.15, 0.2) is 17.5 Å². The minimum absolute atomic E-state index is 0.335. The molecule has 1 rings (SSSR count). The van der Waals surface area contributed by atoms with Crippen molar-refractivity contribution in [1.29, 1.82) is 0 Å². The van der Waals surface area contributed by atoms with Gasteiger partial charge in [-0.3, -0.25) is 0 Å². The van der Waals surface area contributed by atoms with Crippen molar-refractivity contribution < 1.29 is 9.53 Å². The molecule has 1 aromatic heterocycles. The van der Waals surface area contributed by atoms with Gasteiger partial charge >= 0.3 is 6.09 Å². The van der Waals surface area contributed by atoms with Crippen LogP contribution >= 0.6 is 11.3 Å². The van der Waals surface area contributed by atoms with Crippen molar-refractivity contribution in [2.75, 3.05) is 6.54 Å². The summed E-state index contributed by atoms with van der Waals surface area (Å²) in [5.41, 5.74) is -0.419. The van der Waals surface area contributed by atoms with Crippen LogP contribution in [0.4, 0.5) is 4.79 Å². The van der Waals surface area contributed by atoms with Gasteiger partial charge in [-0.15, -0.1) is 11.3 Å². The van der Waals surface area contributed by atoms with Crippen molar-refractivity contribution in [2.45, 2.75) is 39.2 Å². The second kappa shape index (κ2) is 5.89. The number of amides is 1. The number of ether oxygens (including phenoxy) is 1. The molecule has 16 heavy (non-hydrogen) atoms. The molecule has 0 aliphatic heterocycles. The molecular formula is C12H19NO2S. The summed E-state index contributed by atoms with van der Waals surface area (Å²) >= 11 is 1.75. The summed E-state index contributed by atoms with van der Waals surface area (Å²) in [7, 11) is 0. The van der Waals surface area contributed by atoms with Gasteiger partial charge in [-0.25, -0.2) is 4.79 Å². The molecule has 0 atom stereocenters. The van der Waals surface area contributed by atoms with Crippen LogP contribution < -0.4 is 5.32 Å². The monoisotopic (exact) mass is 241 g/mol. The van der Waals surface area contributed by atoms with Crippen LogP contribution in [0.2, 0.25) is 0 Å². The lowest BCUT2D eigenvalue weighted by molar-refractivity contribution is 0.0527. The minimum atomic E-state index is -0.419. The third kappa shape index (κ3) is 5.75. The van der Waals surface area contributed by atoms with E-state index < -0.39 is 5.60 Å². The first-order chi connectivity index (χ1) is 7.47. The molecular weight excluding hydrogens is 222 g/mol. The Morgan fingerprint density at radius 1 is 1.50 bits per heavy atom. The zero-order valence-electron chi connectivity index (χ0n) is 10.1. The molecule has 0 unspecified atom stereocenters. The summed E-state index contributed by atoms with van der Waals surface area (Å²) in [6.07, 6.45) is 1.62. The lowest BCUT2D eigenvalue weighted by Gasteiger charge is -2.19. The van der Waals surface area contributed by atoms with Gasteiger partial charge in [0.2, 0.25) is 0 Å². The van der Waals surface area contributed by atoms with E-state index in [0.717, 1.165) is 12.8 Å². The Morgan fingerprint density at radius 2 is 2.25 bits per heavy atom. The van der Waals surface area contributed by atoms with Crippen LogP contribution in [0.5, 0.6) is 0 Å². The summed E-state index contributed by atoms with van der Waals surface area (Å²) in [5.74, 6) is 0. The SMILES string of the molecule is CC(C)(C)OC(=O)NCCCc1cccs1. The van der Waals surface area contributed by atoms with Crippen LogP contribution in [-0.4, -0.2) is 18.2 Å². The van der Waals surface area contributed by atoms with Gasteiger partial charge < -0.3 is 10.1 Å². The first-order valence-corrected chi connectivity index (χ1v) is 6.34.